The summed E-state index contributed by atoms with van der Waals surface area (Å²) in [7, 11) is 1.57. The molecule has 0 saturated carbocycles. The van der Waals surface area contributed by atoms with Crippen molar-refractivity contribution in [1.29, 1.82) is 0 Å². The van der Waals surface area contributed by atoms with Crippen LogP contribution in [0.5, 0.6) is 11.5 Å². The zero-order chi connectivity index (χ0) is 10.6. The molecule has 0 saturated heterocycles. The van der Waals surface area contributed by atoms with Gasteiger partial charge >= 0.3 is 0 Å². The summed E-state index contributed by atoms with van der Waals surface area (Å²) in [5, 5.41) is 18.2. The maximum atomic E-state index is 9.40. The summed E-state index contributed by atoms with van der Waals surface area (Å²) in [6.07, 6.45) is 0. The maximum absolute atomic E-state index is 9.40. The van der Waals surface area contributed by atoms with Crippen LogP contribution in [0.25, 0.3) is 0 Å². The number of hydrogen-bond acceptors (Lipinski definition) is 4. The summed E-state index contributed by atoms with van der Waals surface area (Å²) in [6, 6.07) is 6.73. The van der Waals surface area contributed by atoms with Gasteiger partial charge in [-0.15, -0.1) is 0 Å². The van der Waals surface area contributed by atoms with Gasteiger partial charge in [0.1, 0.15) is 18.1 Å². The molecule has 0 spiro atoms. The van der Waals surface area contributed by atoms with Crippen LogP contribution in [0, 0.1) is 0 Å². The average Bonchev–Trinajstić information content (AvgIpc) is 2.19. The normalized spacial score (nSPS) is 14.6. The third-order valence-corrected chi connectivity index (χ3v) is 1.69. The molecule has 1 rings (SSSR count). The lowest BCUT2D eigenvalue weighted by atomic mass is 10.3. The van der Waals surface area contributed by atoms with Gasteiger partial charge in [0.25, 0.3) is 0 Å². The Labute approximate surface area is 82.7 Å². The first-order valence-electron chi connectivity index (χ1n) is 4.24. The summed E-state index contributed by atoms with van der Waals surface area (Å²) in [5.41, 5.74) is 0. The van der Waals surface area contributed by atoms with Crippen molar-refractivity contribution in [3.8, 4) is 11.5 Å². The Morgan fingerprint density at radius 2 is 1.71 bits per heavy atom. The largest absolute Gasteiger partial charge is 0.497 e. The SMILES string of the molecule is COc1ccc(OC(C)(O)CO)cc1. The molecule has 0 aromatic heterocycles. The summed E-state index contributed by atoms with van der Waals surface area (Å²) < 4.78 is 10.1. The van der Waals surface area contributed by atoms with Gasteiger partial charge < -0.3 is 19.7 Å². The Hall–Kier alpha value is -1.26. The number of rotatable bonds is 4. The van der Waals surface area contributed by atoms with Crippen molar-refractivity contribution >= 4 is 0 Å². The molecule has 0 amide bonds. The average molecular weight is 198 g/mol. The summed E-state index contributed by atoms with van der Waals surface area (Å²) in [6.45, 7) is 0.927. The Bertz CT molecular complexity index is 279. The molecular weight excluding hydrogens is 184 g/mol. The first-order chi connectivity index (χ1) is 6.57. The van der Waals surface area contributed by atoms with E-state index < -0.39 is 12.4 Å². The Morgan fingerprint density at radius 3 is 2.14 bits per heavy atom. The lowest BCUT2D eigenvalue weighted by Crippen LogP contribution is -2.35. The standard InChI is InChI=1S/C10H14O4/c1-10(12,7-11)14-9-5-3-8(13-2)4-6-9/h3-6,11-12H,7H2,1-2H3. The minimum absolute atomic E-state index is 0.459. The van der Waals surface area contributed by atoms with Gasteiger partial charge in [0.2, 0.25) is 5.79 Å². The highest BCUT2D eigenvalue weighted by atomic mass is 16.6. The molecule has 0 bridgehead atoms. The van der Waals surface area contributed by atoms with E-state index in [-0.39, 0.29) is 0 Å². The van der Waals surface area contributed by atoms with Gasteiger partial charge in [-0.05, 0) is 24.3 Å². The molecule has 4 heteroatoms. The quantitative estimate of drug-likeness (QED) is 0.702. The first kappa shape index (κ1) is 10.8. The molecule has 1 atom stereocenters. The van der Waals surface area contributed by atoms with Crippen molar-refractivity contribution in [1.82, 2.24) is 0 Å². The highest BCUT2D eigenvalue weighted by Crippen LogP contribution is 2.20. The molecule has 1 aromatic rings. The van der Waals surface area contributed by atoms with E-state index in [2.05, 4.69) is 0 Å². The molecule has 0 aliphatic carbocycles. The number of hydrogen-bond donors (Lipinski definition) is 2. The Kier molecular flexibility index (Phi) is 3.33. The number of aliphatic hydroxyl groups excluding tert-OH is 1. The van der Waals surface area contributed by atoms with Gasteiger partial charge in [-0.3, -0.25) is 0 Å². The smallest absolute Gasteiger partial charge is 0.228 e. The van der Waals surface area contributed by atoms with Gasteiger partial charge in [-0.2, -0.15) is 0 Å². The summed E-state index contributed by atoms with van der Waals surface area (Å²) in [4.78, 5) is 0. The van der Waals surface area contributed by atoms with Crippen LogP contribution >= 0.6 is 0 Å². The van der Waals surface area contributed by atoms with E-state index in [1.807, 2.05) is 0 Å². The number of aliphatic hydroxyl groups is 2. The van der Waals surface area contributed by atoms with Crippen molar-refractivity contribution in [2.75, 3.05) is 13.7 Å². The summed E-state index contributed by atoms with van der Waals surface area (Å²) in [5.74, 6) is -0.361. The van der Waals surface area contributed by atoms with Crippen molar-refractivity contribution in [3.63, 3.8) is 0 Å². The van der Waals surface area contributed by atoms with Crippen molar-refractivity contribution in [2.45, 2.75) is 12.7 Å². The third-order valence-electron chi connectivity index (χ3n) is 1.69. The van der Waals surface area contributed by atoms with E-state index in [0.717, 1.165) is 0 Å². The maximum Gasteiger partial charge on any atom is 0.228 e. The minimum Gasteiger partial charge on any atom is -0.497 e. The molecule has 14 heavy (non-hydrogen) atoms. The van der Waals surface area contributed by atoms with Crippen LogP contribution in [0.2, 0.25) is 0 Å². The zero-order valence-corrected chi connectivity index (χ0v) is 8.23. The van der Waals surface area contributed by atoms with E-state index in [0.29, 0.717) is 11.5 Å². The molecule has 4 nitrogen and oxygen atoms in total. The fourth-order valence-corrected chi connectivity index (χ4v) is 0.930. The second-order valence-corrected chi connectivity index (χ2v) is 3.11. The molecule has 0 radical (unpaired) electrons. The minimum atomic E-state index is -1.55. The monoisotopic (exact) mass is 198 g/mol. The second-order valence-electron chi connectivity index (χ2n) is 3.11. The molecule has 0 heterocycles. The van der Waals surface area contributed by atoms with E-state index in [4.69, 9.17) is 14.6 Å². The fourth-order valence-electron chi connectivity index (χ4n) is 0.930. The van der Waals surface area contributed by atoms with Crippen LogP contribution in [-0.4, -0.2) is 29.7 Å². The Morgan fingerprint density at radius 1 is 1.21 bits per heavy atom. The summed E-state index contributed by atoms with van der Waals surface area (Å²) >= 11 is 0. The van der Waals surface area contributed by atoms with Gasteiger partial charge in [-0.25, -0.2) is 0 Å². The van der Waals surface area contributed by atoms with E-state index in [9.17, 15) is 5.11 Å². The lowest BCUT2D eigenvalue weighted by molar-refractivity contribution is -0.150. The third kappa shape index (κ3) is 2.90. The number of methoxy groups -OCH3 is 1. The predicted molar refractivity (Wildman–Crippen MR) is 51.3 cm³/mol. The van der Waals surface area contributed by atoms with Gasteiger partial charge in [0.05, 0.1) is 7.11 Å². The van der Waals surface area contributed by atoms with Crippen molar-refractivity contribution in [2.24, 2.45) is 0 Å². The molecule has 78 valence electrons. The first-order valence-corrected chi connectivity index (χ1v) is 4.24. The van der Waals surface area contributed by atoms with Gasteiger partial charge in [0, 0.05) is 6.92 Å². The van der Waals surface area contributed by atoms with Crippen LogP contribution in [0.3, 0.4) is 0 Å². The fraction of sp³-hybridized carbons (Fsp3) is 0.400. The Balaban J connectivity index is 2.69. The van der Waals surface area contributed by atoms with Crippen LogP contribution < -0.4 is 9.47 Å². The number of ether oxygens (including phenoxy) is 2. The molecule has 1 aromatic carbocycles. The highest BCUT2D eigenvalue weighted by molar-refractivity contribution is 5.31. The van der Waals surface area contributed by atoms with Crippen LogP contribution in [0.4, 0.5) is 0 Å². The molecular formula is C10H14O4. The van der Waals surface area contributed by atoms with E-state index in [1.54, 1.807) is 31.4 Å². The van der Waals surface area contributed by atoms with Crippen LogP contribution in [-0.2, 0) is 0 Å². The molecule has 0 aliphatic rings. The number of benzene rings is 1. The topological polar surface area (TPSA) is 58.9 Å². The van der Waals surface area contributed by atoms with Gasteiger partial charge in [-0.1, -0.05) is 0 Å². The molecule has 0 fully saturated rings. The van der Waals surface area contributed by atoms with Crippen LogP contribution in [0.15, 0.2) is 24.3 Å². The predicted octanol–water partition coefficient (Wildman–Crippen LogP) is 0.775. The second kappa shape index (κ2) is 4.30. The zero-order valence-electron chi connectivity index (χ0n) is 8.23. The highest BCUT2D eigenvalue weighted by Gasteiger charge is 2.20. The van der Waals surface area contributed by atoms with Crippen molar-refractivity contribution < 1.29 is 19.7 Å². The van der Waals surface area contributed by atoms with E-state index >= 15 is 0 Å². The lowest BCUT2D eigenvalue weighted by Gasteiger charge is -2.22. The molecule has 2 N–H and O–H groups in total. The van der Waals surface area contributed by atoms with E-state index in [1.165, 1.54) is 6.92 Å². The molecule has 0 aliphatic heterocycles. The van der Waals surface area contributed by atoms with Crippen LogP contribution in [0.1, 0.15) is 6.92 Å². The molecule has 1 unspecified atom stereocenters. The van der Waals surface area contributed by atoms with Crippen molar-refractivity contribution in [3.05, 3.63) is 24.3 Å². The van der Waals surface area contributed by atoms with Gasteiger partial charge in [0.15, 0.2) is 0 Å².